The lowest BCUT2D eigenvalue weighted by Gasteiger charge is -2.14. The molecule has 2 aliphatic rings. The summed E-state index contributed by atoms with van der Waals surface area (Å²) in [5, 5.41) is 8.94. The van der Waals surface area contributed by atoms with E-state index in [1.165, 1.54) is 6.26 Å². The Kier molecular flexibility index (Phi) is 1.74. The fourth-order valence-electron chi connectivity index (χ4n) is 1.08. The minimum Gasteiger partial charge on any atom is -0.505 e. The number of hydrogen-bond donors (Lipinski definition) is 1. The Labute approximate surface area is 69.8 Å². The lowest BCUT2D eigenvalue weighted by Crippen LogP contribution is -2.22. The summed E-state index contributed by atoms with van der Waals surface area (Å²) >= 11 is 0. The smallest absolute Gasteiger partial charge is 0.230 e. The number of ether oxygens (including phenoxy) is 2. The molecule has 64 valence electrons. The Bertz CT molecular complexity index is 267. The summed E-state index contributed by atoms with van der Waals surface area (Å²) in [6.07, 6.45) is 4.30. The second-order valence-electron chi connectivity index (χ2n) is 2.53. The van der Waals surface area contributed by atoms with Gasteiger partial charge in [-0.15, -0.1) is 0 Å². The first-order valence-corrected chi connectivity index (χ1v) is 3.76. The van der Waals surface area contributed by atoms with Crippen LogP contribution in [-0.2, 0) is 9.47 Å². The standard InChI is InChI=1S/C8H9NO3/c10-6-1-2-7(12-5-6)8-9-3-4-11-8/h1-2,5,7,10H,3-4H2. The summed E-state index contributed by atoms with van der Waals surface area (Å²) < 4.78 is 10.3. The number of aliphatic imine (C=N–C) groups is 1. The van der Waals surface area contributed by atoms with E-state index in [0.717, 1.165) is 0 Å². The van der Waals surface area contributed by atoms with Gasteiger partial charge in [-0.05, 0) is 12.2 Å². The van der Waals surface area contributed by atoms with Gasteiger partial charge in [-0.1, -0.05) is 0 Å². The van der Waals surface area contributed by atoms with Crippen molar-refractivity contribution < 1.29 is 14.6 Å². The highest BCUT2D eigenvalue weighted by atomic mass is 16.5. The summed E-state index contributed by atoms with van der Waals surface area (Å²) in [7, 11) is 0. The average Bonchev–Trinajstić information content (AvgIpc) is 2.58. The quantitative estimate of drug-likeness (QED) is 0.627. The van der Waals surface area contributed by atoms with Crippen LogP contribution < -0.4 is 0 Å². The molecule has 1 N–H and O–H groups in total. The van der Waals surface area contributed by atoms with E-state index in [-0.39, 0.29) is 11.9 Å². The van der Waals surface area contributed by atoms with Crippen LogP contribution in [0, 0.1) is 0 Å². The summed E-state index contributed by atoms with van der Waals surface area (Å²) in [6.45, 7) is 1.32. The molecular weight excluding hydrogens is 158 g/mol. The molecule has 0 fully saturated rings. The molecule has 0 aliphatic carbocycles. The van der Waals surface area contributed by atoms with E-state index >= 15 is 0 Å². The molecule has 1 atom stereocenters. The zero-order valence-corrected chi connectivity index (χ0v) is 6.43. The van der Waals surface area contributed by atoms with Gasteiger partial charge < -0.3 is 14.6 Å². The molecule has 12 heavy (non-hydrogen) atoms. The van der Waals surface area contributed by atoms with E-state index in [9.17, 15) is 0 Å². The van der Waals surface area contributed by atoms with Gasteiger partial charge in [0.25, 0.3) is 0 Å². The number of nitrogens with zero attached hydrogens (tertiary/aromatic N) is 1. The van der Waals surface area contributed by atoms with Crippen molar-refractivity contribution in [2.75, 3.05) is 13.2 Å². The summed E-state index contributed by atoms with van der Waals surface area (Å²) in [5.41, 5.74) is 0. The number of rotatable bonds is 1. The Hall–Kier alpha value is -1.45. The molecule has 4 nitrogen and oxygen atoms in total. The van der Waals surface area contributed by atoms with Gasteiger partial charge in [0.05, 0.1) is 6.54 Å². The summed E-state index contributed by atoms with van der Waals surface area (Å²) in [5.74, 6) is 0.708. The topological polar surface area (TPSA) is 51.0 Å². The van der Waals surface area contributed by atoms with Crippen LogP contribution in [0.2, 0.25) is 0 Å². The monoisotopic (exact) mass is 167 g/mol. The molecule has 0 aromatic rings. The van der Waals surface area contributed by atoms with Crippen molar-refractivity contribution in [3.05, 3.63) is 24.2 Å². The first-order chi connectivity index (χ1) is 5.86. The number of allylic oxidation sites excluding steroid dienone is 1. The highest BCUT2D eigenvalue weighted by Crippen LogP contribution is 2.11. The molecule has 0 radical (unpaired) electrons. The Morgan fingerprint density at radius 2 is 2.50 bits per heavy atom. The fraction of sp³-hybridized carbons (Fsp3) is 0.375. The number of hydrogen-bond acceptors (Lipinski definition) is 4. The molecule has 2 heterocycles. The predicted molar refractivity (Wildman–Crippen MR) is 43.0 cm³/mol. The Morgan fingerprint density at radius 1 is 1.58 bits per heavy atom. The average molecular weight is 167 g/mol. The molecule has 0 bridgehead atoms. The summed E-state index contributed by atoms with van der Waals surface area (Å²) in [6, 6.07) is 0. The molecular formula is C8H9NO3. The molecule has 2 aliphatic heterocycles. The maximum atomic E-state index is 8.94. The molecule has 1 unspecified atom stereocenters. The van der Waals surface area contributed by atoms with Crippen LogP contribution in [-0.4, -0.2) is 30.3 Å². The Balaban J connectivity index is 2.04. The van der Waals surface area contributed by atoms with Crippen molar-refractivity contribution >= 4 is 5.90 Å². The lowest BCUT2D eigenvalue weighted by atomic mass is 10.2. The zero-order valence-electron chi connectivity index (χ0n) is 6.43. The van der Waals surface area contributed by atoms with E-state index in [1.54, 1.807) is 12.2 Å². The van der Waals surface area contributed by atoms with Gasteiger partial charge in [-0.2, -0.15) is 0 Å². The highest BCUT2D eigenvalue weighted by molar-refractivity contribution is 5.84. The normalized spacial score (nSPS) is 27.2. The molecule has 4 heteroatoms. The van der Waals surface area contributed by atoms with Crippen LogP contribution in [0.5, 0.6) is 0 Å². The van der Waals surface area contributed by atoms with Crippen LogP contribution >= 0.6 is 0 Å². The third kappa shape index (κ3) is 1.28. The molecule has 0 spiro atoms. The Morgan fingerprint density at radius 3 is 3.08 bits per heavy atom. The SMILES string of the molecule is OC1=COC(C2=NCCO2)C=C1. The molecule has 2 rings (SSSR count). The molecule has 0 saturated carbocycles. The largest absolute Gasteiger partial charge is 0.505 e. The first kappa shape index (κ1) is 7.21. The highest BCUT2D eigenvalue weighted by Gasteiger charge is 2.20. The van der Waals surface area contributed by atoms with Crippen molar-refractivity contribution in [2.24, 2.45) is 4.99 Å². The third-order valence-electron chi connectivity index (χ3n) is 1.63. The molecule has 0 aromatic heterocycles. The zero-order chi connectivity index (χ0) is 8.39. The van der Waals surface area contributed by atoms with Crippen LogP contribution in [0.3, 0.4) is 0 Å². The van der Waals surface area contributed by atoms with Crippen molar-refractivity contribution in [3.8, 4) is 0 Å². The maximum absolute atomic E-state index is 8.94. The second-order valence-corrected chi connectivity index (χ2v) is 2.53. The van der Waals surface area contributed by atoms with E-state index in [4.69, 9.17) is 14.6 Å². The van der Waals surface area contributed by atoms with Crippen molar-refractivity contribution in [1.82, 2.24) is 0 Å². The molecule has 0 aromatic carbocycles. The van der Waals surface area contributed by atoms with Gasteiger partial charge in [0.15, 0.2) is 6.10 Å². The summed E-state index contributed by atoms with van der Waals surface area (Å²) in [4.78, 5) is 4.09. The number of aliphatic hydroxyl groups excluding tert-OH is 1. The lowest BCUT2D eigenvalue weighted by molar-refractivity contribution is 0.188. The van der Waals surface area contributed by atoms with E-state index in [1.807, 2.05) is 0 Å². The minimum atomic E-state index is -0.261. The van der Waals surface area contributed by atoms with Crippen LogP contribution in [0.1, 0.15) is 0 Å². The van der Waals surface area contributed by atoms with Gasteiger partial charge in [-0.25, -0.2) is 4.99 Å². The van der Waals surface area contributed by atoms with Gasteiger partial charge in [0.2, 0.25) is 5.90 Å². The minimum absolute atomic E-state index is 0.116. The van der Waals surface area contributed by atoms with Crippen LogP contribution in [0.15, 0.2) is 29.2 Å². The van der Waals surface area contributed by atoms with E-state index < -0.39 is 0 Å². The van der Waals surface area contributed by atoms with Crippen molar-refractivity contribution in [1.29, 1.82) is 0 Å². The van der Waals surface area contributed by atoms with Gasteiger partial charge >= 0.3 is 0 Å². The molecule has 0 amide bonds. The second kappa shape index (κ2) is 2.89. The fourth-order valence-corrected chi connectivity index (χ4v) is 1.08. The van der Waals surface area contributed by atoms with Crippen molar-refractivity contribution in [3.63, 3.8) is 0 Å². The van der Waals surface area contributed by atoms with E-state index in [0.29, 0.717) is 19.0 Å². The van der Waals surface area contributed by atoms with Gasteiger partial charge in [0.1, 0.15) is 18.6 Å². The van der Waals surface area contributed by atoms with Gasteiger partial charge in [-0.3, -0.25) is 0 Å². The number of aliphatic hydroxyl groups is 1. The van der Waals surface area contributed by atoms with Crippen LogP contribution in [0.25, 0.3) is 0 Å². The van der Waals surface area contributed by atoms with Gasteiger partial charge in [0, 0.05) is 0 Å². The predicted octanol–water partition coefficient (Wildman–Crippen LogP) is 0.769. The van der Waals surface area contributed by atoms with E-state index in [2.05, 4.69) is 4.99 Å². The first-order valence-electron chi connectivity index (χ1n) is 3.76. The molecule has 0 saturated heterocycles. The maximum Gasteiger partial charge on any atom is 0.230 e. The van der Waals surface area contributed by atoms with Crippen molar-refractivity contribution in [2.45, 2.75) is 6.10 Å². The van der Waals surface area contributed by atoms with Crippen LogP contribution in [0.4, 0.5) is 0 Å². The third-order valence-corrected chi connectivity index (χ3v) is 1.63.